The fourth-order valence-electron chi connectivity index (χ4n) is 3.58. The Morgan fingerprint density at radius 3 is 2.34 bits per heavy atom. The highest BCUT2D eigenvalue weighted by molar-refractivity contribution is 5.97. The fraction of sp³-hybridized carbons (Fsp3) is 0.174. The van der Waals surface area contributed by atoms with Crippen molar-refractivity contribution in [1.82, 2.24) is 0 Å². The molecule has 166 valence electrons. The quantitative estimate of drug-likeness (QED) is 0.445. The lowest BCUT2D eigenvalue weighted by Gasteiger charge is -2.20. The van der Waals surface area contributed by atoms with Gasteiger partial charge in [0.15, 0.2) is 0 Å². The van der Waals surface area contributed by atoms with Crippen LogP contribution in [0.2, 0.25) is 0 Å². The average molecular weight is 448 g/mol. The Balaban J connectivity index is 1.64. The Morgan fingerprint density at radius 1 is 0.938 bits per heavy atom. The molecule has 1 aliphatic rings. The third-order valence-corrected chi connectivity index (χ3v) is 5.00. The van der Waals surface area contributed by atoms with E-state index >= 15 is 0 Å². The highest BCUT2D eigenvalue weighted by Gasteiger charge is 2.34. The molecule has 1 aliphatic heterocycles. The Kier molecular flexibility index (Phi) is 5.50. The highest BCUT2D eigenvalue weighted by Crippen LogP contribution is 2.40. The molecular formula is C23H17F5N2O2. The van der Waals surface area contributed by atoms with Crippen molar-refractivity contribution in [3.05, 3.63) is 82.9 Å². The van der Waals surface area contributed by atoms with Gasteiger partial charge in [-0.15, -0.1) is 0 Å². The van der Waals surface area contributed by atoms with Crippen LogP contribution in [0.5, 0.6) is 11.5 Å². The van der Waals surface area contributed by atoms with Crippen LogP contribution in [0.25, 0.3) is 0 Å². The number of benzene rings is 3. The molecule has 0 bridgehead atoms. The lowest BCUT2D eigenvalue weighted by atomic mass is 10.0. The van der Waals surface area contributed by atoms with Crippen LogP contribution in [0, 0.1) is 18.6 Å². The smallest absolute Gasteiger partial charge is 0.416 e. The second-order valence-electron chi connectivity index (χ2n) is 7.44. The summed E-state index contributed by atoms with van der Waals surface area (Å²) in [6.45, 7) is 1.35. The Bertz CT molecular complexity index is 1170. The van der Waals surface area contributed by atoms with Gasteiger partial charge in [0.25, 0.3) is 0 Å². The van der Waals surface area contributed by atoms with Crippen molar-refractivity contribution in [3.8, 4) is 11.5 Å². The van der Waals surface area contributed by atoms with Gasteiger partial charge in [0, 0.05) is 18.2 Å². The molecule has 0 aliphatic carbocycles. The number of fused-ring (bicyclic) bond motifs is 1. The van der Waals surface area contributed by atoms with Crippen molar-refractivity contribution in [2.75, 3.05) is 10.6 Å². The highest BCUT2D eigenvalue weighted by atomic mass is 19.4. The zero-order valence-corrected chi connectivity index (χ0v) is 16.7. The van der Waals surface area contributed by atoms with Gasteiger partial charge in [-0.05, 0) is 42.3 Å². The summed E-state index contributed by atoms with van der Waals surface area (Å²) in [7, 11) is 0. The minimum absolute atomic E-state index is 0.0175. The molecule has 2 N–H and O–H groups in total. The molecule has 1 amide bonds. The molecule has 1 unspecified atom stereocenters. The maximum Gasteiger partial charge on any atom is 0.416 e. The van der Waals surface area contributed by atoms with Gasteiger partial charge in [0.2, 0.25) is 5.91 Å². The van der Waals surface area contributed by atoms with Gasteiger partial charge in [-0.2, -0.15) is 13.2 Å². The van der Waals surface area contributed by atoms with Gasteiger partial charge in [0.1, 0.15) is 23.1 Å². The summed E-state index contributed by atoms with van der Waals surface area (Å²) in [6, 6.07) is 11.0. The Hall–Kier alpha value is -3.62. The van der Waals surface area contributed by atoms with Gasteiger partial charge in [-0.1, -0.05) is 12.1 Å². The normalized spacial score (nSPS) is 15.9. The molecule has 0 fully saturated rings. The number of nitrogens with one attached hydrogen (secondary N) is 2. The molecule has 4 nitrogen and oxygen atoms in total. The summed E-state index contributed by atoms with van der Waals surface area (Å²) in [5.74, 6) is -1.79. The third kappa shape index (κ3) is 4.66. The van der Waals surface area contributed by atoms with E-state index in [0.29, 0.717) is 11.3 Å². The zero-order valence-electron chi connectivity index (χ0n) is 16.7. The van der Waals surface area contributed by atoms with E-state index in [2.05, 4.69) is 10.6 Å². The standard InChI is InChI=1S/C23H17F5N2O2/c1-12-5-20-21(10-18(12)23(26,27)28)30-22(31)11-19(29-20)13-3-2-4-16(6-13)32-17-8-14(24)7-15(25)9-17/h2-10,19,29H,11H2,1H3,(H,30,31). The number of ether oxygens (including phenoxy) is 1. The van der Waals surface area contributed by atoms with E-state index in [1.54, 1.807) is 24.3 Å². The minimum atomic E-state index is -4.54. The number of hydrogen-bond acceptors (Lipinski definition) is 3. The first-order valence-corrected chi connectivity index (χ1v) is 9.60. The van der Waals surface area contributed by atoms with Crippen LogP contribution >= 0.6 is 0 Å². The van der Waals surface area contributed by atoms with Gasteiger partial charge in [-0.25, -0.2) is 8.78 Å². The molecule has 1 heterocycles. The second kappa shape index (κ2) is 8.14. The van der Waals surface area contributed by atoms with E-state index in [1.165, 1.54) is 13.0 Å². The van der Waals surface area contributed by atoms with Crippen molar-refractivity contribution in [2.24, 2.45) is 0 Å². The van der Waals surface area contributed by atoms with Crippen LogP contribution in [-0.2, 0) is 11.0 Å². The summed E-state index contributed by atoms with van der Waals surface area (Å²) < 4.78 is 72.1. The summed E-state index contributed by atoms with van der Waals surface area (Å²) in [5.41, 5.74) is 0.196. The predicted molar refractivity (Wildman–Crippen MR) is 109 cm³/mol. The predicted octanol–water partition coefficient (Wildman–Crippen LogP) is 6.58. The third-order valence-electron chi connectivity index (χ3n) is 5.00. The molecule has 1 atom stereocenters. The van der Waals surface area contributed by atoms with E-state index in [0.717, 1.165) is 24.3 Å². The largest absolute Gasteiger partial charge is 0.457 e. The lowest BCUT2D eigenvalue weighted by Crippen LogP contribution is -2.15. The number of aryl methyl sites for hydroxylation is 1. The SMILES string of the molecule is Cc1cc2c(cc1C(F)(F)F)NC(=O)CC(c1cccc(Oc3cc(F)cc(F)c3)c1)N2. The number of halogens is 5. The number of alkyl halides is 3. The number of amides is 1. The van der Waals surface area contributed by atoms with Crippen LogP contribution in [0.15, 0.2) is 54.6 Å². The number of rotatable bonds is 3. The van der Waals surface area contributed by atoms with Crippen molar-refractivity contribution >= 4 is 17.3 Å². The summed E-state index contributed by atoms with van der Waals surface area (Å²) in [5, 5.41) is 5.62. The lowest BCUT2D eigenvalue weighted by molar-refractivity contribution is -0.138. The Labute approximate surface area is 180 Å². The van der Waals surface area contributed by atoms with E-state index in [4.69, 9.17) is 4.74 Å². The number of carbonyl (C=O) groups is 1. The molecule has 0 saturated heterocycles. The first kappa shape index (κ1) is 21.6. The van der Waals surface area contributed by atoms with Crippen LogP contribution in [-0.4, -0.2) is 5.91 Å². The van der Waals surface area contributed by atoms with E-state index in [9.17, 15) is 26.7 Å². The number of hydrogen-bond donors (Lipinski definition) is 2. The molecule has 32 heavy (non-hydrogen) atoms. The van der Waals surface area contributed by atoms with Gasteiger partial charge in [0.05, 0.1) is 29.4 Å². The molecular weight excluding hydrogens is 431 g/mol. The topological polar surface area (TPSA) is 50.4 Å². The van der Waals surface area contributed by atoms with Crippen molar-refractivity contribution in [3.63, 3.8) is 0 Å². The first-order chi connectivity index (χ1) is 15.1. The molecule has 0 radical (unpaired) electrons. The molecule has 9 heteroatoms. The molecule has 4 rings (SSSR count). The maximum atomic E-state index is 13.4. The van der Waals surface area contributed by atoms with Crippen LogP contribution in [0.1, 0.15) is 29.2 Å². The zero-order chi connectivity index (χ0) is 23.0. The monoisotopic (exact) mass is 448 g/mol. The van der Waals surface area contributed by atoms with Crippen LogP contribution in [0.4, 0.5) is 33.3 Å². The van der Waals surface area contributed by atoms with Crippen molar-refractivity contribution < 1.29 is 31.5 Å². The fourth-order valence-corrected chi connectivity index (χ4v) is 3.58. The summed E-state index contributed by atoms with van der Waals surface area (Å²) in [4.78, 5) is 12.4. The summed E-state index contributed by atoms with van der Waals surface area (Å²) in [6.07, 6.45) is -4.59. The van der Waals surface area contributed by atoms with Gasteiger partial charge in [-0.3, -0.25) is 4.79 Å². The molecule has 0 saturated carbocycles. The Morgan fingerprint density at radius 2 is 1.66 bits per heavy atom. The molecule has 3 aromatic rings. The van der Waals surface area contributed by atoms with Crippen molar-refractivity contribution in [2.45, 2.75) is 25.6 Å². The van der Waals surface area contributed by atoms with E-state index in [-0.39, 0.29) is 29.2 Å². The van der Waals surface area contributed by atoms with Gasteiger partial charge >= 0.3 is 6.18 Å². The van der Waals surface area contributed by atoms with E-state index in [1.807, 2.05) is 0 Å². The molecule has 0 spiro atoms. The number of anilines is 2. The molecule has 3 aromatic carbocycles. The number of carbonyl (C=O) groups excluding carboxylic acids is 1. The minimum Gasteiger partial charge on any atom is -0.457 e. The van der Waals surface area contributed by atoms with Gasteiger partial charge < -0.3 is 15.4 Å². The second-order valence-corrected chi connectivity index (χ2v) is 7.44. The van der Waals surface area contributed by atoms with Crippen LogP contribution in [0.3, 0.4) is 0 Å². The van der Waals surface area contributed by atoms with Crippen LogP contribution < -0.4 is 15.4 Å². The average Bonchev–Trinajstić information content (AvgIpc) is 2.83. The van der Waals surface area contributed by atoms with Crippen molar-refractivity contribution in [1.29, 1.82) is 0 Å². The van der Waals surface area contributed by atoms with E-state index < -0.39 is 35.3 Å². The first-order valence-electron chi connectivity index (χ1n) is 9.60. The molecule has 0 aromatic heterocycles. The maximum absolute atomic E-state index is 13.4. The summed E-state index contributed by atoms with van der Waals surface area (Å²) >= 11 is 0.